The van der Waals surface area contributed by atoms with Crippen molar-refractivity contribution < 1.29 is 9.59 Å². The highest BCUT2D eigenvalue weighted by Crippen LogP contribution is 1.96. The lowest BCUT2D eigenvalue weighted by Crippen LogP contribution is -2.28. The molecule has 0 radical (unpaired) electrons. The Morgan fingerprint density at radius 3 is 2.79 bits per heavy atom. The first-order chi connectivity index (χ1) is 6.63. The molecule has 0 aliphatic rings. The predicted molar refractivity (Wildman–Crippen MR) is 50.4 cm³/mol. The molecule has 0 spiro atoms. The molecule has 0 unspecified atom stereocenters. The van der Waals surface area contributed by atoms with E-state index in [1.165, 1.54) is 6.92 Å². The van der Waals surface area contributed by atoms with Crippen molar-refractivity contribution in [2.45, 2.75) is 26.9 Å². The zero-order valence-corrected chi connectivity index (χ0v) is 8.28. The molecule has 14 heavy (non-hydrogen) atoms. The van der Waals surface area contributed by atoms with E-state index in [-0.39, 0.29) is 0 Å². The van der Waals surface area contributed by atoms with E-state index in [9.17, 15) is 9.59 Å². The van der Waals surface area contributed by atoms with Crippen molar-refractivity contribution in [2.24, 2.45) is 0 Å². The van der Waals surface area contributed by atoms with Crippen molar-refractivity contribution in [2.75, 3.05) is 0 Å². The van der Waals surface area contributed by atoms with Crippen LogP contribution < -0.4 is 5.32 Å². The van der Waals surface area contributed by atoms with Crippen molar-refractivity contribution in [3.8, 4) is 0 Å². The number of aromatic nitrogens is 2. The van der Waals surface area contributed by atoms with E-state index in [2.05, 4.69) is 10.4 Å². The smallest absolute Gasteiger partial charge is 0.287 e. The van der Waals surface area contributed by atoms with Crippen LogP contribution in [0.4, 0.5) is 0 Å². The lowest BCUT2D eigenvalue weighted by molar-refractivity contribution is -0.136. The zero-order valence-electron chi connectivity index (χ0n) is 8.28. The average Bonchev–Trinajstić information content (AvgIpc) is 2.61. The molecule has 0 saturated carbocycles. The summed E-state index contributed by atoms with van der Waals surface area (Å²) >= 11 is 0. The number of nitrogens with zero attached hydrogens (tertiary/aromatic N) is 2. The standard InChI is InChI=1S/C9H13N3O2/c1-3-12-6-8(5-11-12)4-10-9(14)7(2)13/h5-6H,3-4H2,1-2H3,(H,10,14). The second-order valence-corrected chi connectivity index (χ2v) is 2.94. The van der Waals surface area contributed by atoms with Crippen LogP contribution in [0.3, 0.4) is 0 Å². The second kappa shape index (κ2) is 4.55. The van der Waals surface area contributed by atoms with Gasteiger partial charge in [0.05, 0.1) is 6.20 Å². The summed E-state index contributed by atoms with van der Waals surface area (Å²) in [7, 11) is 0. The molecule has 1 aromatic heterocycles. The first-order valence-electron chi connectivity index (χ1n) is 4.43. The van der Waals surface area contributed by atoms with Crippen LogP contribution in [0.5, 0.6) is 0 Å². The fraction of sp³-hybridized carbons (Fsp3) is 0.444. The third kappa shape index (κ3) is 2.69. The number of hydrogen-bond acceptors (Lipinski definition) is 3. The van der Waals surface area contributed by atoms with Gasteiger partial charge in [-0.05, 0) is 6.92 Å². The van der Waals surface area contributed by atoms with Gasteiger partial charge in [0.15, 0.2) is 0 Å². The maximum absolute atomic E-state index is 10.9. The number of amides is 1. The number of rotatable bonds is 4. The number of hydrogen-bond donors (Lipinski definition) is 1. The highest BCUT2D eigenvalue weighted by molar-refractivity contribution is 6.35. The zero-order chi connectivity index (χ0) is 10.6. The van der Waals surface area contributed by atoms with Gasteiger partial charge in [0, 0.05) is 31.8 Å². The third-order valence-corrected chi connectivity index (χ3v) is 1.78. The number of aryl methyl sites for hydroxylation is 1. The number of Topliss-reactive ketones (excluding diaryl/α,β-unsaturated/α-hetero) is 1. The average molecular weight is 195 g/mol. The Kier molecular flexibility index (Phi) is 3.39. The SMILES string of the molecule is CCn1cc(CNC(=O)C(C)=O)cn1. The van der Waals surface area contributed by atoms with Crippen LogP contribution in [0.15, 0.2) is 12.4 Å². The van der Waals surface area contributed by atoms with E-state index in [0.29, 0.717) is 6.54 Å². The van der Waals surface area contributed by atoms with Gasteiger partial charge in [-0.3, -0.25) is 14.3 Å². The largest absolute Gasteiger partial charge is 0.345 e. The number of carbonyl (C=O) groups excluding carboxylic acids is 2. The maximum atomic E-state index is 10.9. The number of nitrogens with one attached hydrogen (secondary N) is 1. The predicted octanol–water partition coefficient (Wildman–Crippen LogP) is 0.108. The fourth-order valence-corrected chi connectivity index (χ4v) is 0.977. The van der Waals surface area contributed by atoms with Crippen molar-refractivity contribution in [1.82, 2.24) is 15.1 Å². The van der Waals surface area contributed by atoms with Gasteiger partial charge in [0.1, 0.15) is 0 Å². The Hall–Kier alpha value is -1.65. The van der Waals surface area contributed by atoms with Gasteiger partial charge in [-0.2, -0.15) is 5.10 Å². The molecule has 1 amide bonds. The summed E-state index contributed by atoms with van der Waals surface area (Å²) in [6.45, 7) is 4.36. The molecule has 0 aromatic carbocycles. The molecule has 0 aliphatic carbocycles. The van der Waals surface area contributed by atoms with Gasteiger partial charge in [-0.25, -0.2) is 0 Å². The van der Waals surface area contributed by atoms with Crippen LogP contribution in [-0.4, -0.2) is 21.5 Å². The Morgan fingerprint density at radius 2 is 2.29 bits per heavy atom. The minimum Gasteiger partial charge on any atom is -0.345 e. The molecule has 76 valence electrons. The lowest BCUT2D eigenvalue weighted by Gasteiger charge is -1.98. The van der Waals surface area contributed by atoms with E-state index in [1.807, 2.05) is 13.1 Å². The summed E-state index contributed by atoms with van der Waals surface area (Å²) in [6, 6.07) is 0. The monoisotopic (exact) mass is 195 g/mol. The Labute approximate surface area is 82.1 Å². The van der Waals surface area contributed by atoms with E-state index in [1.54, 1.807) is 10.9 Å². The summed E-state index contributed by atoms with van der Waals surface area (Å²) in [6.07, 6.45) is 3.50. The van der Waals surface area contributed by atoms with Crippen molar-refractivity contribution >= 4 is 11.7 Å². The highest BCUT2D eigenvalue weighted by Gasteiger charge is 2.06. The van der Waals surface area contributed by atoms with Gasteiger partial charge >= 0.3 is 0 Å². The third-order valence-electron chi connectivity index (χ3n) is 1.78. The summed E-state index contributed by atoms with van der Waals surface area (Å²) in [4.78, 5) is 21.5. The molecular weight excluding hydrogens is 182 g/mol. The summed E-state index contributed by atoms with van der Waals surface area (Å²) < 4.78 is 1.76. The molecule has 0 saturated heterocycles. The summed E-state index contributed by atoms with van der Waals surface area (Å²) in [5, 5.41) is 6.53. The summed E-state index contributed by atoms with van der Waals surface area (Å²) in [5.74, 6) is -1.04. The Balaban J connectivity index is 2.45. The van der Waals surface area contributed by atoms with Crippen LogP contribution in [-0.2, 0) is 22.7 Å². The van der Waals surface area contributed by atoms with Crippen LogP contribution in [0.1, 0.15) is 19.4 Å². The van der Waals surface area contributed by atoms with Gasteiger partial charge in [-0.15, -0.1) is 0 Å². The quantitative estimate of drug-likeness (QED) is 0.693. The van der Waals surface area contributed by atoms with Crippen molar-refractivity contribution in [3.05, 3.63) is 18.0 Å². The Morgan fingerprint density at radius 1 is 1.57 bits per heavy atom. The molecule has 0 atom stereocenters. The van der Waals surface area contributed by atoms with Gasteiger partial charge < -0.3 is 5.32 Å². The number of ketones is 1. The molecule has 1 heterocycles. The highest BCUT2D eigenvalue weighted by atomic mass is 16.2. The van der Waals surface area contributed by atoms with Gasteiger partial charge in [0.25, 0.3) is 5.91 Å². The van der Waals surface area contributed by atoms with Crippen molar-refractivity contribution in [1.29, 1.82) is 0 Å². The minimum atomic E-state index is -0.561. The second-order valence-electron chi connectivity index (χ2n) is 2.94. The normalized spacial score (nSPS) is 9.86. The fourth-order valence-electron chi connectivity index (χ4n) is 0.977. The molecule has 1 aromatic rings. The lowest BCUT2D eigenvalue weighted by atomic mass is 10.3. The van der Waals surface area contributed by atoms with E-state index < -0.39 is 11.7 Å². The van der Waals surface area contributed by atoms with Crippen LogP contribution in [0, 0.1) is 0 Å². The Bertz CT molecular complexity index is 344. The maximum Gasteiger partial charge on any atom is 0.287 e. The minimum absolute atomic E-state index is 0.346. The van der Waals surface area contributed by atoms with Crippen LogP contribution in [0.25, 0.3) is 0 Å². The van der Waals surface area contributed by atoms with E-state index in [0.717, 1.165) is 12.1 Å². The van der Waals surface area contributed by atoms with E-state index >= 15 is 0 Å². The molecule has 1 rings (SSSR count). The molecule has 0 fully saturated rings. The van der Waals surface area contributed by atoms with Gasteiger partial charge in [-0.1, -0.05) is 0 Å². The molecular formula is C9H13N3O2. The first kappa shape index (κ1) is 10.4. The molecule has 5 nitrogen and oxygen atoms in total. The molecule has 0 bridgehead atoms. The van der Waals surface area contributed by atoms with Crippen LogP contribution in [0.2, 0.25) is 0 Å². The number of carbonyl (C=O) groups is 2. The van der Waals surface area contributed by atoms with Crippen molar-refractivity contribution in [3.63, 3.8) is 0 Å². The molecule has 5 heteroatoms. The van der Waals surface area contributed by atoms with Crippen LogP contribution >= 0.6 is 0 Å². The van der Waals surface area contributed by atoms with E-state index in [4.69, 9.17) is 0 Å². The topological polar surface area (TPSA) is 64.0 Å². The van der Waals surface area contributed by atoms with Gasteiger partial charge in [0.2, 0.25) is 5.78 Å². The summed E-state index contributed by atoms with van der Waals surface area (Å²) in [5.41, 5.74) is 0.890. The first-order valence-corrected chi connectivity index (χ1v) is 4.43. The molecule has 0 aliphatic heterocycles. The molecule has 1 N–H and O–H groups in total.